The molecule has 0 aliphatic carbocycles. The van der Waals surface area contributed by atoms with Crippen molar-refractivity contribution in [1.29, 1.82) is 0 Å². The fourth-order valence-electron chi connectivity index (χ4n) is 1.33. The molecule has 1 aliphatic rings. The highest BCUT2D eigenvalue weighted by atomic mass is 16.5. The van der Waals surface area contributed by atoms with Gasteiger partial charge in [-0.3, -0.25) is 4.79 Å². The minimum atomic E-state index is 0.0227. The molecule has 1 aromatic carbocycles. The molecule has 0 spiro atoms. The molecular formula is C11H10O2. The van der Waals surface area contributed by atoms with Crippen molar-refractivity contribution in [1.82, 2.24) is 0 Å². The third kappa shape index (κ3) is 1.78. The van der Waals surface area contributed by atoms with E-state index in [4.69, 9.17) is 4.74 Å². The largest absolute Gasteiger partial charge is 0.485 e. The van der Waals surface area contributed by atoms with Gasteiger partial charge in [0.1, 0.15) is 5.75 Å². The minimum absolute atomic E-state index is 0.0227. The lowest BCUT2D eigenvalue weighted by Crippen LogP contribution is -2.11. The Balaban J connectivity index is 2.33. The Kier molecular flexibility index (Phi) is 2.13. The van der Waals surface area contributed by atoms with Crippen LogP contribution < -0.4 is 4.74 Å². The molecule has 66 valence electrons. The van der Waals surface area contributed by atoms with Crippen LogP contribution in [-0.4, -0.2) is 12.4 Å². The summed E-state index contributed by atoms with van der Waals surface area (Å²) < 4.78 is 5.34. The maximum absolute atomic E-state index is 11.0. The molecule has 2 heteroatoms. The summed E-state index contributed by atoms with van der Waals surface area (Å²) in [6, 6.07) is 7.78. The van der Waals surface area contributed by atoms with Gasteiger partial charge in [0.15, 0.2) is 12.4 Å². The van der Waals surface area contributed by atoms with E-state index in [1.807, 2.05) is 30.3 Å². The van der Waals surface area contributed by atoms with Gasteiger partial charge < -0.3 is 4.74 Å². The van der Waals surface area contributed by atoms with Crippen LogP contribution >= 0.6 is 0 Å². The molecule has 1 aromatic rings. The lowest BCUT2D eigenvalue weighted by molar-refractivity contribution is -0.116. The number of fused-ring (bicyclic) bond motifs is 1. The van der Waals surface area contributed by atoms with Crippen molar-refractivity contribution in [2.75, 3.05) is 6.61 Å². The molecule has 2 nitrogen and oxygen atoms in total. The number of carbonyl (C=O) groups excluding carboxylic acids is 1. The summed E-state index contributed by atoms with van der Waals surface area (Å²) in [6.45, 7) is 0.146. The van der Waals surface area contributed by atoms with Gasteiger partial charge in [-0.15, -0.1) is 0 Å². The fraction of sp³-hybridized carbons (Fsp3) is 0.182. The molecule has 0 atom stereocenters. The van der Waals surface area contributed by atoms with E-state index < -0.39 is 0 Å². The van der Waals surface area contributed by atoms with Gasteiger partial charge in [-0.1, -0.05) is 24.3 Å². The van der Waals surface area contributed by atoms with Gasteiger partial charge in [-0.05, 0) is 24.1 Å². The number of ether oxygens (including phenoxy) is 1. The van der Waals surface area contributed by atoms with E-state index >= 15 is 0 Å². The Hall–Kier alpha value is -1.57. The van der Waals surface area contributed by atoms with E-state index in [0.717, 1.165) is 17.7 Å². The smallest absolute Gasteiger partial charge is 0.192 e. The van der Waals surface area contributed by atoms with Crippen molar-refractivity contribution in [2.24, 2.45) is 0 Å². The Morgan fingerprint density at radius 3 is 3.00 bits per heavy atom. The number of hydrogen-bond acceptors (Lipinski definition) is 2. The minimum Gasteiger partial charge on any atom is -0.485 e. The predicted octanol–water partition coefficient (Wildman–Crippen LogP) is 1.75. The molecule has 13 heavy (non-hydrogen) atoms. The van der Waals surface area contributed by atoms with Crippen LogP contribution in [0.1, 0.15) is 5.56 Å². The Bertz CT molecular complexity index is 353. The number of para-hydroxylation sites is 1. The molecule has 0 fully saturated rings. The van der Waals surface area contributed by atoms with Gasteiger partial charge in [0.25, 0.3) is 0 Å². The molecule has 1 aliphatic heterocycles. The van der Waals surface area contributed by atoms with Crippen LogP contribution in [0.2, 0.25) is 0 Å². The topological polar surface area (TPSA) is 26.3 Å². The van der Waals surface area contributed by atoms with E-state index in [1.54, 1.807) is 6.08 Å². The molecule has 2 rings (SSSR count). The van der Waals surface area contributed by atoms with Crippen molar-refractivity contribution in [3.63, 3.8) is 0 Å². The average molecular weight is 174 g/mol. The number of carbonyl (C=O) groups is 1. The van der Waals surface area contributed by atoms with E-state index in [9.17, 15) is 4.79 Å². The molecule has 0 saturated heterocycles. The van der Waals surface area contributed by atoms with Crippen LogP contribution in [0, 0.1) is 0 Å². The maximum atomic E-state index is 11.0. The second-order valence-corrected chi connectivity index (χ2v) is 2.97. The summed E-state index contributed by atoms with van der Waals surface area (Å²) in [6.07, 6.45) is 4.22. The normalized spacial score (nSPS) is 18.0. The summed E-state index contributed by atoms with van der Waals surface area (Å²) in [7, 11) is 0. The van der Waals surface area contributed by atoms with E-state index in [1.165, 1.54) is 0 Å². The van der Waals surface area contributed by atoms with Crippen LogP contribution in [0.4, 0.5) is 0 Å². The molecule has 0 N–H and O–H groups in total. The summed E-state index contributed by atoms with van der Waals surface area (Å²) >= 11 is 0. The first-order chi connectivity index (χ1) is 6.36. The zero-order valence-corrected chi connectivity index (χ0v) is 7.19. The van der Waals surface area contributed by atoms with E-state index in [0.29, 0.717) is 0 Å². The quantitative estimate of drug-likeness (QED) is 0.599. The lowest BCUT2D eigenvalue weighted by atomic mass is 10.1. The molecule has 0 saturated carbocycles. The number of ketones is 1. The highest BCUT2D eigenvalue weighted by molar-refractivity contribution is 5.91. The molecule has 0 aromatic heterocycles. The molecule has 0 unspecified atom stereocenters. The van der Waals surface area contributed by atoms with Crippen LogP contribution in [0.3, 0.4) is 0 Å². The summed E-state index contributed by atoms with van der Waals surface area (Å²) in [5, 5.41) is 0. The van der Waals surface area contributed by atoms with Gasteiger partial charge >= 0.3 is 0 Å². The lowest BCUT2D eigenvalue weighted by Gasteiger charge is -2.10. The van der Waals surface area contributed by atoms with Crippen molar-refractivity contribution >= 4 is 5.78 Å². The summed E-state index contributed by atoms with van der Waals surface area (Å²) in [5.41, 5.74) is 1.13. The van der Waals surface area contributed by atoms with Gasteiger partial charge in [-0.2, -0.15) is 0 Å². The van der Waals surface area contributed by atoms with Crippen LogP contribution in [0.5, 0.6) is 5.75 Å². The second-order valence-electron chi connectivity index (χ2n) is 2.97. The first kappa shape index (κ1) is 8.05. The molecule has 0 radical (unpaired) electrons. The first-order valence-corrected chi connectivity index (χ1v) is 4.26. The van der Waals surface area contributed by atoms with Gasteiger partial charge in [-0.25, -0.2) is 0 Å². The third-order valence-electron chi connectivity index (χ3n) is 1.98. The maximum Gasteiger partial charge on any atom is 0.192 e. The monoisotopic (exact) mass is 174 g/mol. The highest BCUT2D eigenvalue weighted by Crippen LogP contribution is 2.19. The van der Waals surface area contributed by atoms with Crippen molar-refractivity contribution in [2.45, 2.75) is 6.42 Å². The van der Waals surface area contributed by atoms with E-state index in [-0.39, 0.29) is 12.4 Å². The van der Waals surface area contributed by atoms with Crippen molar-refractivity contribution < 1.29 is 9.53 Å². The van der Waals surface area contributed by atoms with Crippen molar-refractivity contribution in [3.8, 4) is 5.75 Å². The van der Waals surface area contributed by atoms with Gasteiger partial charge in [0.2, 0.25) is 0 Å². The van der Waals surface area contributed by atoms with E-state index in [2.05, 4.69) is 0 Å². The zero-order valence-electron chi connectivity index (χ0n) is 7.19. The first-order valence-electron chi connectivity index (χ1n) is 4.26. The Labute approximate surface area is 76.8 Å². The zero-order chi connectivity index (χ0) is 9.10. The summed E-state index contributed by atoms with van der Waals surface area (Å²) in [5.74, 6) is 0.842. The van der Waals surface area contributed by atoms with Gasteiger partial charge in [0.05, 0.1) is 0 Å². The average Bonchev–Trinajstić information content (AvgIpc) is 2.13. The molecule has 0 amide bonds. The van der Waals surface area contributed by atoms with Crippen LogP contribution in [-0.2, 0) is 11.2 Å². The van der Waals surface area contributed by atoms with Crippen molar-refractivity contribution in [3.05, 3.63) is 42.0 Å². The summed E-state index contributed by atoms with van der Waals surface area (Å²) in [4.78, 5) is 11.0. The third-order valence-corrected chi connectivity index (χ3v) is 1.98. The number of benzene rings is 1. The molecule has 1 heterocycles. The van der Waals surface area contributed by atoms with Gasteiger partial charge in [0, 0.05) is 0 Å². The fourth-order valence-corrected chi connectivity index (χ4v) is 1.33. The number of hydrogen-bond donors (Lipinski definition) is 0. The van der Waals surface area contributed by atoms with Crippen LogP contribution in [0.25, 0.3) is 0 Å². The Morgan fingerprint density at radius 2 is 2.08 bits per heavy atom. The standard InChI is InChI=1S/C11H10O2/c12-10-6-3-5-9-4-1-2-7-11(9)13-8-10/h1-4,6-7H,5,8H2/b6-3-. The molecular weight excluding hydrogens is 164 g/mol. The molecule has 0 bridgehead atoms. The number of rotatable bonds is 0. The predicted molar refractivity (Wildman–Crippen MR) is 49.8 cm³/mol. The number of allylic oxidation sites excluding steroid dienone is 1. The van der Waals surface area contributed by atoms with Crippen LogP contribution in [0.15, 0.2) is 36.4 Å². The highest BCUT2D eigenvalue weighted by Gasteiger charge is 2.06. The Morgan fingerprint density at radius 1 is 1.23 bits per heavy atom. The SMILES string of the molecule is O=C1/C=C\Cc2ccccc2OC1. The second kappa shape index (κ2) is 3.44.